The lowest BCUT2D eigenvalue weighted by Crippen LogP contribution is -1.87. The first-order chi connectivity index (χ1) is 5.88. The molecule has 0 N–H and O–H groups in total. The van der Waals surface area contributed by atoms with Crippen LogP contribution in [0, 0.1) is 0 Å². The molecule has 1 aromatic rings. The molecule has 60 valence electrons. The van der Waals surface area contributed by atoms with E-state index in [0.717, 1.165) is 11.3 Å². The molecule has 0 bridgehead atoms. The molecular formula is C11H10S. The van der Waals surface area contributed by atoms with Gasteiger partial charge in [-0.3, -0.25) is 0 Å². The third-order valence-corrected chi connectivity index (χ3v) is 2.45. The van der Waals surface area contributed by atoms with Crippen LogP contribution >= 0.6 is 12.6 Å². The van der Waals surface area contributed by atoms with Crippen LogP contribution in [0.15, 0.2) is 41.3 Å². The molecule has 1 aliphatic rings. The van der Waals surface area contributed by atoms with E-state index in [1.807, 2.05) is 12.1 Å². The zero-order valence-electron chi connectivity index (χ0n) is 6.70. The molecule has 0 saturated heterocycles. The maximum atomic E-state index is 4.42. The Balaban J connectivity index is 2.59. The molecule has 0 unspecified atom stereocenters. The average Bonchev–Trinajstić information content (AvgIpc) is 2.30. The molecule has 0 saturated carbocycles. The fourth-order valence-corrected chi connectivity index (χ4v) is 1.70. The summed E-state index contributed by atoms with van der Waals surface area (Å²) < 4.78 is 0. The predicted octanol–water partition coefficient (Wildman–Crippen LogP) is 3.10. The van der Waals surface area contributed by atoms with E-state index < -0.39 is 0 Å². The summed E-state index contributed by atoms with van der Waals surface area (Å²) in [5, 5.41) is 0. The van der Waals surface area contributed by atoms with Crippen molar-refractivity contribution in [1.29, 1.82) is 0 Å². The van der Waals surface area contributed by atoms with E-state index in [4.69, 9.17) is 0 Å². The maximum Gasteiger partial charge on any atom is 0.00811 e. The van der Waals surface area contributed by atoms with E-state index in [2.05, 4.69) is 43.0 Å². The van der Waals surface area contributed by atoms with Gasteiger partial charge in [0.05, 0.1) is 0 Å². The third kappa shape index (κ3) is 1.32. The molecule has 1 aromatic carbocycles. The van der Waals surface area contributed by atoms with Gasteiger partial charge >= 0.3 is 0 Å². The van der Waals surface area contributed by atoms with Crippen molar-refractivity contribution in [1.82, 2.24) is 0 Å². The summed E-state index contributed by atoms with van der Waals surface area (Å²) in [4.78, 5) is 1.09. The molecule has 1 heteroatoms. The van der Waals surface area contributed by atoms with E-state index >= 15 is 0 Å². The zero-order chi connectivity index (χ0) is 8.39. The van der Waals surface area contributed by atoms with Gasteiger partial charge in [0.1, 0.15) is 0 Å². The van der Waals surface area contributed by atoms with Gasteiger partial charge in [0.2, 0.25) is 0 Å². The summed E-state index contributed by atoms with van der Waals surface area (Å²) in [5.41, 5.74) is 2.61. The molecule has 0 amide bonds. The van der Waals surface area contributed by atoms with Crippen molar-refractivity contribution in [2.45, 2.75) is 11.3 Å². The average molecular weight is 174 g/mol. The molecule has 0 radical (unpaired) electrons. The normalized spacial score (nSPS) is 14.1. The Morgan fingerprint density at radius 3 is 3.00 bits per heavy atom. The van der Waals surface area contributed by atoms with Crippen LogP contribution in [0.1, 0.15) is 11.1 Å². The predicted molar refractivity (Wildman–Crippen MR) is 55.6 cm³/mol. The van der Waals surface area contributed by atoms with Gasteiger partial charge in [-0.25, -0.2) is 0 Å². The van der Waals surface area contributed by atoms with Gasteiger partial charge in [-0.15, -0.1) is 12.6 Å². The van der Waals surface area contributed by atoms with Crippen LogP contribution < -0.4 is 0 Å². The first-order valence-corrected chi connectivity index (χ1v) is 4.47. The summed E-state index contributed by atoms with van der Waals surface area (Å²) in [6, 6.07) is 6.20. The summed E-state index contributed by atoms with van der Waals surface area (Å²) in [6.07, 6.45) is 9.41. The molecule has 0 aliphatic heterocycles. The Hall–Kier alpha value is -0.950. The Morgan fingerprint density at radius 2 is 2.08 bits per heavy atom. The largest absolute Gasteiger partial charge is 0.143 e. The highest BCUT2D eigenvalue weighted by molar-refractivity contribution is 7.80. The number of thiol groups is 1. The SMILES string of the molecule is Sc1cccc2c1CC=CC=C2. The Labute approximate surface area is 78.0 Å². The van der Waals surface area contributed by atoms with Crippen LogP contribution in [0.3, 0.4) is 0 Å². The molecule has 0 nitrogen and oxygen atoms in total. The first-order valence-electron chi connectivity index (χ1n) is 4.02. The lowest BCUT2D eigenvalue weighted by atomic mass is 10.1. The lowest BCUT2D eigenvalue weighted by Gasteiger charge is -2.04. The van der Waals surface area contributed by atoms with E-state index in [-0.39, 0.29) is 0 Å². The summed E-state index contributed by atoms with van der Waals surface area (Å²) >= 11 is 4.42. The van der Waals surface area contributed by atoms with Gasteiger partial charge in [-0.05, 0) is 23.6 Å². The van der Waals surface area contributed by atoms with Crippen molar-refractivity contribution in [2.75, 3.05) is 0 Å². The number of hydrogen-bond acceptors (Lipinski definition) is 1. The second kappa shape index (κ2) is 3.20. The fraction of sp³-hybridized carbons (Fsp3) is 0.0909. The molecule has 0 spiro atoms. The summed E-state index contributed by atoms with van der Waals surface area (Å²) in [6.45, 7) is 0. The zero-order valence-corrected chi connectivity index (χ0v) is 7.59. The molecule has 1 aliphatic carbocycles. The van der Waals surface area contributed by atoms with E-state index in [0.29, 0.717) is 0 Å². The van der Waals surface area contributed by atoms with Crippen molar-refractivity contribution in [2.24, 2.45) is 0 Å². The van der Waals surface area contributed by atoms with Gasteiger partial charge < -0.3 is 0 Å². The summed E-state index contributed by atoms with van der Waals surface area (Å²) in [5.74, 6) is 0. The molecule has 0 aromatic heterocycles. The van der Waals surface area contributed by atoms with Crippen LogP contribution in [-0.4, -0.2) is 0 Å². The Kier molecular flexibility index (Phi) is 2.05. The van der Waals surface area contributed by atoms with E-state index in [1.165, 1.54) is 11.1 Å². The summed E-state index contributed by atoms with van der Waals surface area (Å²) in [7, 11) is 0. The Morgan fingerprint density at radius 1 is 1.17 bits per heavy atom. The van der Waals surface area contributed by atoms with Crippen molar-refractivity contribution in [3.05, 3.63) is 47.6 Å². The topological polar surface area (TPSA) is 0 Å². The maximum absolute atomic E-state index is 4.42. The number of fused-ring (bicyclic) bond motifs is 1. The second-order valence-corrected chi connectivity index (χ2v) is 3.32. The lowest BCUT2D eigenvalue weighted by molar-refractivity contribution is 1.18. The van der Waals surface area contributed by atoms with E-state index in [1.54, 1.807) is 0 Å². The monoisotopic (exact) mass is 174 g/mol. The molecule has 12 heavy (non-hydrogen) atoms. The van der Waals surface area contributed by atoms with Crippen molar-refractivity contribution in [3.8, 4) is 0 Å². The number of benzene rings is 1. The van der Waals surface area contributed by atoms with Crippen LogP contribution in [0.5, 0.6) is 0 Å². The van der Waals surface area contributed by atoms with Crippen molar-refractivity contribution < 1.29 is 0 Å². The van der Waals surface area contributed by atoms with Gasteiger partial charge in [-0.1, -0.05) is 36.4 Å². The third-order valence-electron chi connectivity index (χ3n) is 2.03. The van der Waals surface area contributed by atoms with Crippen LogP contribution in [0.2, 0.25) is 0 Å². The molecule has 2 rings (SSSR count). The minimum atomic E-state index is 0.988. The van der Waals surface area contributed by atoms with Crippen LogP contribution in [0.25, 0.3) is 6.08 Å². The fourth-order valence-electron chi connectivity index (χ4n) is 1.39. The number of hydrogen-bond donors (Lipinski definition) is 1. The standard InChI is InChI=1S/C11H10S/c12-11-8-4-6-9-5-2-1-3-7-10(9)11/h1-6,8,12H,7H2. The minimum absolute atomic E-state index is 0.988. The highest BCUT2D eigenvalue weighted by Gasteiger charge is 2.02. The molecule has 0 atom stereocenters. The highest BCUT2D eigenvalue weighted by Crippen LogP contribution is 2.22. The first kappa shape index (κ1) is 7.69. The van der Waals surface area contributed by atoms with Crippen LogP contribution in [0.4, 0.5) is 0 Å². The molecular weight excluding hydrogens is 164 g/mol. The second-order valence-electron chi connectivity index (χ2n) is 2.84. The van der Waals surface area contributed by atoms with Gasteiger partial charge in [0, 0.05) is 4.90 Å². The van der Waals surface area contributed by atoms with Gasteiger partial charge in [0.25, 0.3) is 0 Å². The quantitative estimate of drug-likeness (QED) is 0.574. The molecule has 0 fully saturated rings. The number of rotatable bonds is 0. The van der Waals surface area contributed by atoms with Gasteiger partial charge in [0.15, 0.2) is 0 Å². The van der Waals surface area contributed by atoms with Gasteiger partial charge in [-0.2, -0.15) is 0 Å². The highest BCUT2D eigenvalue weighted by atomic mass is 32.1. The Bertz CT molecular complexity index is 348. The van der Waals surface area contributed by atoms with Crippen LogP contribution in [-0.2, 0) is 6.42 Å². The van der Waals surface area contributed by atoms with E-state index in [9.17, 15) is 0 Å². The van der Waals surface area contributed by atoms with Crippen molar-refractivity contribution >= 4 is 18.7 Å². The minimum Gasteiger partial charge on any atom is -0.143 e. The number of allylic oxidation sites excluding steroid dienone is 3. The smallest absolute Gasteiger partial charge is 0.00811 e. The molecule has 0 heterocycles. The van der Waals surface area contributed by atoms with Crippen molar-refractivity contribution in [3.63, 3.8) is 0 Å².